The largest absolute Gasteiger partial charge is 0.454 e. The van der Waals surface area contributed by atoms with Gasteiger partial charge in [-0.25, -0.2) is 4.79 Å². The maximum absolute atomic E-state index is 12.1. The van der Waals surface area contributed by atoms with Crippen molar-refractivity contribution in [1.82, 2.24) is 0 Å². The number of esters is 1. The monoisotopic (exact) mass is 318 g/mol. The normalized spacial score (nSPS) is 20.3. The summed E-state index contributed by atoms with van der Waals surface area (Å²) < 4.78 is 5.42. The van der Waals surface area contributed by atoms with Crippen molar-refractivity contribution < 1.29 is 9.53 Å². The number of carbonyl (C=O) groups excluding carboxylic acids is 1. The van der Waals surface area contributed by atoms with Crippen molar-refractivity contribution in [2.75, 3.05) is 0 Å². The molecule has 0 spiro atoms. The van der Waals surface area contributed by atoms with E-state index in [0.29, 0.717) is 27.6 Å². The van der Waals surface area contributed by atoms with E-state index in [1.54, 1.807) is 12.1 Å². The van der Waals surface area contributed by atoms with Crippen LogP contribution in [0.25, 0.3) is 5.03 Å². The third kappa shape index (κ3) is 2.82. The van der Waals surface area contributed by atoms with Gasteiger partial charge in [0.15, 0.2) is 0 Å². The lowest BCUT2D eigenvalue weighted by molar-refractivity contribution is -0.139. The van der Waals surface area contributed by atoms with Gasteiger partial charge >= 0.3 is 5.97 Å². The average molecular weight is 319 g/mol. The SMILES string of the molecule is O=C1OC(c2ccccc2)C/C1=C(/Cl)c1ccccc1Cl. The van der Waals surface area contributed by atoms with Crippen molar-refractivity contribution in [1.29, 1.82) is 0 Å². The molecule has 1 atom stereocenters. The van der Waals surface area contributed by atoms with Crippen LogP contribution in [-0.2, 0) is 9.53 Å². The third-order valence-corrected chi connectivity index (χ3v) is 4.19. The van der Waals surface area contributed by atoms with Crippen LogP contribution in [0.4, 0.5) is 0 Å². The molecule has 2 aromatic carbocycles. The zero-order valence-corrected chi connectivity index (χ0v) is 12.6. The summed E-state index contributed by atoms with van der Waals surface area (Å²) in [5.74, 6) is -0.381. The second-order valence-corrected chi connectivity index (χ2v) is 5.57. The minimum absolute atomic E-state index is 0.287. The first-order valence-electron chi connectivity index (χ1n) is 6.56. The maximum Gasteiger partial charge on any atom is 0.336 e. The van der Waals surface area contributed by atoms with Gasteiger partial charge in [-0.05, 0) is 11.6 Å². The Morgan fingerprint density at radius 1 is 1.05 bits per heavy atom. The average Bonchev–Trinajstić information content (AvgIpc) is 2.90. The summed E-state index contributed by atoms with van der Waals surface area (Å²) in [6, 6.07) is 16.8. The van der Waals surface area contributed by atoms with E-state index in [-0.39, 0.29) is 12.1 Å². The quantitative estimate of drug-likeness (QED) is 0.576. The Hall–Kier alpha value is -1.77. The Balaban J connectivity index is 1.95. The van der Waals surface area contributed by atoms with Crippen molar-refractivity contribution in [3.05, 3.63) is 76.3 Å². The number of hydrogen-bond donors (Lipinski definition) is 0. The Bertz CT molecular complexity index is 708. The van der Waals surface area contributed by atoms with Gasteiger partial charge in [0.1, 0.15) is 6.10 Å². The van der Waals surface area contributed by atoms with Gasteiger partial charge in [-0.1, -0.05) is 71.7 Å². The molecule has 1 unspecified atom stereocenters. The smallest absolute Gasteiger partial charge is 0.336 e. The summed E-state index contributed by atoms with van der Waals surface area (Å²) >= 11 is 12.5. The third-order valence-electron chi connectivity index (χ3n) is 3.43. The van der Waals surface area contributed by atoms with E-state index in [2.05, 4.69) is 0 Å². The summed E-state index contributed by atoms with van der Waals surface area (Å²) in [6.07, 6.45) is 0.164. The minimum Gasteiger partial charge on any atom is -0.454 e. The molecule has 1 heterocycles. The Morgan fingerprint density at radius 3 is 2.43 bits per heavy atom. The zero-order valence-electron chi connectivity index (χ0n) is 11.1. The minimum atomic E-state index is -0.381. The van der Waals surface area contributed by atoms with E-state index < -0.39 is 0 Å². The molecule has 2 nitrogen and oxygen atoms in total. The number of carbonyl (C=O) groups is 1. The van der Waals surface area contributed by atoms with E-state index in [9.17, 15) is 4.79 Å². The molecule has 4 heteroatoms. The molecule has 1 aliphatic rings. The summed E-state index contributed by atoms with van der Waals surface area (Å²) in [5.41, 5.74) is 2.09. The van der Waals surface area contributed by atoms with E-state index in [1.165, 1.54) is 0 Å². The molecule has 1 fully saturated rings. The van der Waals surface area contributed by atoms with Crippen LogP contribution < -0.4 is 0 Å². The second-order valence-electron chi connectivity index (χ2n) is 4.78. The fraction of sp³-hybridized carbons (Fsp3) is 0.118. The highest BCUT2D eigenvalue weighted by molar-refractivity contribution is 6.52. The van der Waals surface area contributed by atoms with Gasteiger partial charge in [0.05, 0.1) is 10.6 Å². The molecule has 0 aromatic heterocycles. The molecule has 0 N–H and O–H groups in total. The molecule has 0 bridgehead atoms. The van der Waals surface area contributed by atoms with Crippen LogP contribution in [0, 0.1) is 0 Å². The van der Waals surface area contributed by atoms with Gasteiger partial charge in [0.25, 0.3) is 0 Å². The first-order valence-corrected chi connectivity index (χ1v) is 7.32. The highest BCUT2D eigenvalue weighted by Crippen LogP contribution is 2.39. The van der Waals surface area contributed by atoms with Crippen molar-refractivity contribution in [3.8, 4) is 0 Å². The standard InChI is InChI=1S/C17H12Cl2O2/c18-14-9-5-4-8-12(14)16(19)13-10-15(21-17(13)20)11-6-2-1-3-7-11/h1-9,15H,10H2/b16-13-. The molecule has 1 aliphatic heterocycles. The number of ether oxygens (including phenoxy) is 1. The summed E-state index contributed by atoms with van der Waals surface area (Å²) in [5, 5.41) is 0.884. The fourth-order valence-electron chi connectivity index (χ4n) is 2.35. The molecule has 106 valence electrons. The first-order chi connectivity index (χ1) is 10.2. The first kappa shape index (κ1) is 14.2. The van der Waals surface area contributed by atoms with Gasteiger partial charge < -0.3 is 4.74 Å². The van der Waals surface area contributed by atoms with Gasteiger partial charge in [-0.2, -0.15) is 0 Å². The lowest BCUT2D eigenvalue weighted by atomic mass is 10.0. The molecule has 0 amide bonds. The van der Waals surface area contributed by atoms with Crippen LogP contribution in [-0.4, -0.2) is 5.97 Å². The van der Waals surface area contributed by atoms with Crippen LogP contribution in [0.1, 0.15) is 23.7 Å². The molecule has 0 aliphatic carbocycles. The number of benzene rings is 2. The number of halogens is 2. The van der Waals surface area contributed by atoms with E-state index in [4.69, 9.17) is 27.9 Å². The molecule has 3 rings (SSSR count). The lowest BCUT2D eigenvalue weighted by Gasteiger charge is -2.07. The van der Waals surface area contributed by atoms with E-state index in [0.717, 1.165) is 5.56 Å². The molecule has 21 heavy (non-hydrogen) atoms. The van der Waals surface area contributed by atoms with Crippen molar-refractivity contribution in [2.24, 2.45) is 0 Å². The van der Waals surface area contributed by atoms with Crippen molar-refractivity contribution >= 4 is 34.2 Å². The lowest BCUT2D eigenvalue weighted by Crippen LogP contribution is -1.99. The number of hydrogen-bond acceptors (Lipinski definition) is 2. The van der Waals surface area contributed by atoms with Crippen LogP contribution in [0.15, 0.2) is 60.2 Å². The van der Waals surface area contributed by atoms with E-state index in [1.807, 2.05) is 42.5 Å². The molecular formula is C17H12Cl2O2. The molecular weight excluding hydrogens is 307 g/mol. The Labute approximate surface area is 132 Å². The van der Waals surface area contributed by atoms with Crippen LogP contribution in [0.3, 0.4) is 0 Å². The number of rotatable bonds is 2. The Kier molecular flexibility index (Phi) is 4.00. The molecule has 0 saturated carbocycles. The molecule has 0 radical (unpaired) electrons. The summed E-state index contributed by atoms with van der Waals surface area (Å²) in [7, 11) is 0. The fourth-order valence-corrected chi connectivity index (χ4v) is 2.94. The molecule has 2 aromatic rings. The van der Waals surface area contributed by atoms with Gasteiger partial charge in [0.2, 0.25) is 0 Å². The van der Waals surface area contributed by atoms with Gasteiger partial charge in [0, 0.05) is 17.0 Å². The summed E-state index contributed by atoms with van der Waals surface area (Å²) in [6.45, 7) is 0. The Morgan fingerprint density at radius 2 is 1.71 bits per heavy atom. The predicted octanol–water partition coefficient (Wildman–Crippen LogP) is 4.98. The van der Waals surface area contributed by atoms with Crippen molar-refractivity contribution in [2.45, 2.75) is 12.5 Å². The summed E-state index contributed by atoms with van der Waals surface area (Å²) in [4.78, 5) is 12.1. The van der Waals surface area contributed by atoms with Crippen molar-refractivity contribution in [3.63, 3.8) is 0 Å². The van der Waals surface area contributed by atoms with Crippen LogP contribution in [0.2, 0.25) is 5.02 Å². The maximum atomic E-state index is 12.1. The number of cyclic esters (lactones) is 1. The predicted molar refractivity (Wildman–Crippen MR) is 84.1 cm³/mol. The van der Waals surface area contributed by atoms with Gasteiger partial charge in [-0.3, -0.25) is 0 Å². The second kappa shape index (κ2) is 5.92. The molecule has 1 saturated heterocycles. The highest BCUT2D eigenvalue weighted by Gasteiger charge is 2.32. The van der Waals surface area contributed by atoms with Crippen LogP contribution >= 0.6 is 23.2 Å². The van der Waals surface area contributed by atoms with Crippen LogP contribution in [0.5, 0.6) is 0 Å². The van der Waals surface area contributed by atoms with Gasteiger partial charge in [-0.15, -0.1) is 0 Å². The van der Waals surface area contributed by atoms with E-state index >= 15 is 0 Å². The zero-order chi connectivity index (χ0) is 14.8. The topological polar surface area (TPSA) is 26.3 Å². The highest BCUT2D eigenvalue weighted by atomic mass is 35.5.